The maximum atomic E-state index is 7.74. The van der Waals surface area contributed by atoms with Gasteiger partial charge in [-0.05, 0) is 0 Å². The molecule has 0 heterocycles. The molecule has 1 nitrogen and oxygen atoms in total. The molecule has 35 heavy (non-hydrogen) atoms. The Bertz CT molecular complexity index is 1250. The molecule has 174 valence electrons. The Kier molecular flexibility index (Phi) is 7.28. The summed E-state index contributed by atoms with van der Waals surface area (Å²) in [4.78, 5) is 0. The summed E-state index contributed by atoms with van der Waals surface area (Å²) in [5.74, 6) is 0.787. The van der Waals surface area contributed by atoms with Gasteiger partial charge in [0.2, 0.25) is 0 Å². The van der Waals surface area contributed by atoms with Gasteiger partial charge in [-0.15, -0.1) is 0 Å². The average molecular weight is 760 g/mol. The van der Waals surface area contributed by atoms with Crippen LogP contribution in [-0.2, 0) is 0 Å². The van der Waals surface area contributed by atoms with Crippen molar-refractivity contribution in [3.05, 3.63) is 147 Å². The van der Waals surface area contributed by atoms with E-state index in [0.29, 0.717) is 0 Å². The van der Waals surface area contributed by atoms with Gasteiger partial charge in [-0.2, -0.15) is 0 Å². The molecule has 0 saturated heterocycles. The second-order valence-electron chi connectivity index (χ2n) is 8.17. The Morgan fingerprint density at radius 3 is 1.00 bits per heavy atom. The van der Waals surface area contributed by atoms with Crippen molar-refractivity contribution in [2.45, 2.75) is 0 Å². The summed E-state index contributed by atoms with van der Waals surface area (Å²) >= 11 is 6.26. The van der Waals surface area contributed by atoms with E-state index >= 15 is 0 Å². The molecular formula is C30H22Br3OSb. The molecule has 0 amide bonds. The molecule has 0 atom stereocenters. The van der Waals surface area contributed by atoms with E-state index in [2.05, 4.69) is 169 Å². The van der Waals surface area contributed by atoms with E-state index in [4.69, 9.17) is 3.02 Å². The van der Waals surface area contributed by atoms with Crippen LogP contribution in [0.3, 0.4) is 0 Å². The van der Waals surface area contributed by atoms with Gasteiger partial charge in [-0.1, -0.05) is 0 Å². The second kappa shape index (κ2) is 10.3. The molecule has 0 N–H and O–H groups in total. The van der Waals surface area contributed by atoms with E-state index in [-0.39, 0.29) is 0 Å². The first kappa shape index (κ1) is 24.8. The third-order valence-corrected chi connectivity index (χ3v) is 24.1. The molecule has 5 aromatic rings. The fourth-order valence-electron chi connectivity index (χ4n) is 4.75. The Hall–Kier alpha value is -1.84. The van der Waals surface area contributed by atoms with Crippen LogP contribution >= 0.6 is 47.8 Å². The van der Waals surface area contributed by atoms with E-state index in [1.807, 2.05) is 12.1 Å². The predicted molar refractivity (Wildman–Crippen MR) is 160 cm³/mol. The van der Waals surface area contributed by atoms with Crippen LogP contribution in [0.1, 0.15) is 0 Å². The van der Waals surface area contributed by atoms with Crippen LogP contribution in [0.4, 0.5) is 0 Å². The molecule has 0 aliphatic carbocycles. The number of rotatable bonds is 6. The molecule has 0 aliphatic rings. The molecule has 0 fully saturated rings. The number of hydrogen-bond donors (Lipinski definition) is 0. The van der Waals surface area contributed by atoms with Crippen LogP contribution in [0.2, 0.25) is 0 Å². The summed E-state index contributed by atoms with van der Waals surface area (Å²) in [7, 11) is 0. The molecule has 0 aromatic heterocycles. The molecule has 5 aromatic carbocycles. The van der Waals surface area contributed by atoms with Gasteiger partial charge >= 0.3 is 235 Å². The first-order valence-electron chi connectivity index (χ1n) is 11.1. The monoisotopic (exact) mass is 756 g/mol. The zero-order valence-electron chi connectivity index (χ0n) is 18.7. The van der Waals surface area contributed by atoms with Crippen molar-refractivity contribution in [1.29, 1.82) is 0 Å². The van der Waals surface area contributed by atoms with E-state index in [1.54, 1.807) is 0 Å². The quantitative estimate of drug-likeness (QED) is 0.172. The summed E-state index contributed by atoms with van der Waals surface area (Å²) in [5.41, 5.74) is 0. The van der Waals surface area contributed by atoms with Crippen molar-refractivity contribution < 1.29 is 3.02 Å². The Morgan fingerprint density at radius 2 is 0.714 bits per heavy atom. The predicted octanol–water partition coefficient (Wildman–Crippen LogP) is 6.88. The van der Waals surface area contributed by atoms with Gasteiger partial charge in [0.15, 0.2) is 0 Å². The summed E-state index contributed by atoms with van der Waals surface area (Å²) in [6.45, 7) is 0. The Balaban J connectivity index is 2.05. The van der Waals surface area contributed by atoms with Gasteiger partial charge in [-0.3, -0.25) is 0 Å². The van der Waals surface area contributed by atoms with Crippen LogP contribution in [-0.4, -0.2) is 17.8 Å². The van der Waals surface area contributed by atoms with Crippen LogP contribution in [0.15, 0.2) is 147 Å². The maximum absolute atomic E-state index is 7.74. The molecule has 0 radical (unpaired) electrons. The topological polar surface area (TPSA) is 9.23 Å². The van der Waals surface area contributed by atoms with Gasteiger partial charge < -0.3 is 0 Å². The Labute approximate surface area is 233 Å². The van der Waals surface area contributed by atoms with Crippen molar-refractivity contribution in [3.63, 3.8) is 0 Å². The third kappa shape index (κ3) is 4.13. The number of halogens is 3. The fourth-order valence-corrected chi connectivity index (χ4v) is 24.3. The second-order valence-corrected chi connectivity index (χ2v) is 23.1. The van der Waals surface area contributed by atoms with Gasteiger partial charge in [0.1, 0.15) is 0 Å². The molecule has 0 bridgehead atoms. The van der Waals surface area contributed by atoms with E-state index in [9.17, 15) is 0 Å². The normalized spacial score (nSPS) is 12.5. The zero-order valence-corrected chi connectivity index (χ0v) is 26.0. The third-order valence-electron chi connectivity index (χ3n) is 6.23. The molecule has 0 unspecified atom stereocenters. The summed E-state index contributed by atoms with van der Waals surface area (Å²) in [6.07, 6.45) is 0. The average Bonchev–Trinajstić information content (AvgIpc) is 2.91. The van der Waals surface area contributed by atoms with Crippen molar-refractivity contribution in [2.75, 3.05) is 0 Å². The van der Waals surface area contributed by atoms with Crippen LogP contribution in [0, 0.1) is 0 Å². The SMILES string of the molecule is Brc1cc(Br)c([O][Sb]([c]2ccccc2)([c]2ccccc2)([c]2ccccc2)[c]2ccccc2)c(Br)c1. The summed E-state index contributed by atoms with van der Waals surface area (Å²) in [6, 6.07) is 47.1. The standard InChI is InChI=1S/C6H3Br3O.4C6H5.Sb/c7-3-1-4(8)6(10)5(9)2-3;4*1-2-4-6-5-3-1;/h1-2,10H;4*1-5H;/q;;;;;+1/p-1. The molecule has 5 rings (SSSR count). The minimum absolute atomic E-state index is 0.787. The number of hydrogen-bond acceptors (Lipinski definition) is 1. The summed E-state index contributed by atoms with van der Waals surface area (Å²) < 4.78 is 15.3. The van der Waals surface area contributed by atoms with Crippen molar-refractivity contribution in [1.82, 2.24) is 0 Å². The van der Waals surface area contributed by atoms with Gasteiger partial charge in [0.05, 0.1) is 0 Å². The van der Waals surface area contributed by atoms with Crippen molar-refractivity contribution in [2.24, 2.45) is 0 Å². The summed E-state index contributed by atoms with van der Waals surface area (Å²) in [5, 5.41) is 0. The molecule has 0 saturated carbocycles. The van der Waals surface area contributed by atoms with E-state index < -0.39 is 17.8 Å². The van der Waals surface area contributed by atoms with Crippen molar-refractivity contribution >= 4 is 79.6 Å². The zero-order chi connectivity index (χ0) is 24.3. The number of benzene rings is 5. The molecular weight excluding hydrogens is 738 g/mol. The molecule has 0 spiro atoms. The minimum atomic E-state index is -4.99. The first-order chi connectivity index (χ1) is 17.1. The van der Waals surface area contributed by atoms with Crippen molar-refractivity contribution in [3.8, 4) is 5.75 Å². The van der Waals surface area contributed by atoms with Gasteiger partial charge in [0.25, 0.3) is 0 Å². The van der Waals surface area contributed by atoms with E-state index in [1.165, 1.54) is 14.0 Å². The first-order valence-corrected chi connectivity index (χ1v) is 19.7. The van der Waals surface area contributed by atoms with Crippen LogP contribution in [0.5, 0.6) is 5.75 Å². The molecule has 5 heteroatoms. The fraction of sp³-hybridized carbons (Fsp3) is 0. The Morgan fingerprint density at radius 1 is 0.429 bits per heavy atom. The van der Waals surface area contributed by atoms with Gasteiger partial charge in [-0.25, -0.2) is 0 Å². The molecule has 0 aliphatic heterocycles. The van der Waals surface area contributed by atoms with E-state index in [0.717, 1.165) is 19.2 Å². The van der Waals surface area contributed by atoms with Crippen LogP contribution < -0.4 is 17.1 Å². The van der Waals surface area contributed by atoms with Crippen LogP contribution in [0.25, 0.3) is 0 Å². The van der Waals surface area contributed by atoms with Gasteiger partial charge in [0, 0.05) is 0 Å².